The molecule has 2 saturated heterocycles. The van der Waals surface area contributed by atoms with Gasteiger partial charge < -0.3 is 10.4 Å². The van der Waals surface area contributed by atoms with E-state index in [2.05, 4.69) is 10.2 Å². The molecule has 2 rings (SSSR count). The summed E-state index contributed by atoms with van der Waals surface area (Å²) < 4.78 is 0. The molecular formula is C8H15ClN2O. The maximum absolute atomic E-state index is 9.68. The fourth-order valence-corrected chi connectivity index (χ4v) is 2.90. The standard InChI is InChI=1S/C8H15ClN2O/c1-10-7-5(9)4-11-3-2-6(12)8(7)11/h5-8,10,12H,2-4H2,1H3/t5-,6+,7+,8-/m0/s1. The molecule has 2 aliphatic rings. The number of rotatable bonds is 1. The van der Waals surface area contributed by atoms with E-state index in [4.69, 9.17) is 11.6 Å². The first-order valence-corrected chi connectivity index (χ1v) is 4.91. The lowest BCUT2D eigenvalue weighted by molar-refractivity contribution is 0.123. The van der Waals surface area contributed by atoms with Gasteiger partial charge in [-0.3, -0.25) is 4.90 Å². The molecule has 0 aromatic carbocycles. The van der Waals surface area contributed by atoms with Crippen LogP contribution in [0.2, 0.25) is 0 Å². The number of alkyl halides is 1. The molecule has 12 heavy (non-hydrogen) atoms. The van der Waals surface area contributed by atoms with Crippen molar-refractivity contribution in [1.29, 1.82) is 0 Å². The van der Waals surface area contributed by atoms with Gasteiger partial charge in [0.25, 0.3) is 0 Å². The second kappa shape index (κ2) is 3.14. The number of nitrogens with one attached hydrogen (secondary N) is 1. The maximum Gasteiger partial charge on any atom is 0.0723 e. The van der Waals surface area contributed by atoms with Crippen molar-refractivity contribution in [2.24, 2.45) is 0 Å². The zero-order valence-corrected chi connectivity index (χ0v) is 7.96. The van der Waals surface area contributed by atoms with Crippen molar-refractivity contribution >= 4 is 11.6 Å². The van der Waals surface area contributed by atoms with E-state index in [1.165, 1.54) is 0 Å². The first-order chi connectivity index (χ1) is 5.74. The summed E-state index contributed by atoms with van der Waals surface area (Å²) in [6.45, 7) is 1.90. The monoisotopic (exact) mass is 190 g/mol. The van der Waals surface area contributed by atoms with Gasteiger partial charge in [0.1, 0.15) is 0 Å². The third-order valence-electron chi connectivity index (χ3n) is 3.03. The van der Waals surface area contributed by atoms with Gasteiger partial charge >= 0.3 is 0 Å². The predicted molar refractivity (Wildman–Crippen MR) is 48.5 cm³/mol. The lowest BCUT2D eigenvalue weighted by atomic mass is 10.0. The smallest absolute Gasteiger partial charge is 0.0723 e. The van der Waals surface area contributed by atoms with Crippen LogP contribution in [0.1, 0.15) is 6.42 Å². The van der Waals surface area contributed by atoms with Gasteiger partial charge in [-0.05, 0) is 13.5 Å². The fourth-order valence-electron chi connectivity index (χ4n) is 2.44. The van der Waals surface area contributed by atoms with Gasteiger partial charge in [-0.1, -0.05) is 0 Å². The molecule has 70 valence electrons. The normalized spacial score (nSPS) is 48.2. The number of hydrogen-bond acceptors (Lipinski definition) is 3. The third kappa shape index (κ3) is 1.16. The second-order valence-corrected chi connectivity index (χ2v) is 4.23. The lowest BCUT2D eigenvalue weighted by Gasteiger charge is -2.23. The van der Waals surface area contributed by atoms with E-state index in [-0.39, 0.29) is 23.6 Å². The second-order valence-electron chi connectivity index (χ2n) is 3.67. The Labute approximate surface area is 77.7 Å². The lowest BCUT2D eigenvalue weighted by Crippen LogP contribution is -2.45. The summed E-state index contributed by atoms with van der Waals surface area (Å²) in [5, 5.41) is 13.0. The van der Waals surface area contributed by atoms with Gasteiger partial charge in [0.15, 0.2) is 0 Å². The number of hydrogen-bond donors (Lipinski definition) is 2. The Morgan fingerprint density at radius 1 is 1.58 bits per heavy atom. The third-order valence-corrected chi connectivity index (χ3v) is 3.44. The highest BCUT2D eigenvalue weighted by Crippen LogP contribution is 2.30. The van der Waals surface area contributed by atoms with Crippen LogP contribution in [0.25, 0.3) is 0 Å². The molecule has 4 atom stereocenters. The highest BCUT2D eigenvalue weighted by atomic mass is 35.5. The van der Waals surface area contributed by atoms with Crippen molar-refractivity contribution in [2.45, 2.75) is 30.0 Å². The summed E-state index contributed by atoms with van der Waals surface area (Å²) in [6.07, 6.45) is 0.707. The molecule has 3 nitrogen and oxygen atoms in total. The average molecular weight is 191 g/mol. The van der Waals surface area contributed by atoms with Crippen LogP contribution in [-0.4, -0.2) is 53.7 Å². The molecule has 0 spiro atoms. The summed E-state index contributed by atoms with van der Waals surface area (Å²) in [6, 6.07) is 0.502. The van der Waals surface area contributed by atoms with E-state index in [9.17, 15) is 5.11 Å². The topological polar surface area (TPSA) is 35.5 Å². The zero-order chi connectivity index (χ0) is 8.72. The van der Waals surface area contributed by atoms with Crippen LogP contribution < -0.4 is 5.32 Å². The summed E-state index contributed by atoms with van der Waals surface area (Å²) in [4.78, 5) is 2.28. The summed E-state index contributed by atoms with van der Waals surface area (Å²) in [5.41, 5.74) is 0. The molecule has 0 aromatic rings. The molecule has 0 amide bonds. The Morgan fingerprint density at radius 3 is 3.00 bits per heavy atom. The molecule has 0 unspecified atom stereocenters. The first kappa shape index (κ1) is 8.75. The first-order valence-electron chi connectivity index (χ1n) is 4.47. The van der Waals surface area contributed by atoms with Gasteiger partial charge in [0.05, 0.1) is 17.5 Å². The van der Waals surface area contributed by atoms with Crippen molar-refractivity contribution in [3.05, 3.63) is 0 Å². The number of nitrogens with zero attached hydrogens (tertiary/aromatic N) is 1. The Bertz CT molecular complexity index is 178. The minimum atomic E-state index is -0.189. The van der Waals surface area contributed by atoms with Crippen molar-refractivity contribution in [3.8, 4) is 0 Å². The van der Waals surface area contributed by atoms with Gasteiger partial charge in [-0.15, -0.1) is 11.6 Å². The Kier molecular flexibility index (Phi) is 2.29. The van der Waals surface area contributed by atoms with Crippen LogP contribution in [0.3, 0.4) is 0 Å². The molecule has 4 heteroatoms. The number of aliphatic hydroxyl groups excluding tert-OH is 1. The van der Waals surface area contributed by atoms with Crippen molar-refractivity contribution in [2.75, 3.05) is 20.1 Å². The SMILES string of the molecule is CN[C@H]1[C@@H]2[C@H](O)CCN2C[C@@H]1Cl. The van der Waals surface area contributed by atoms with E-state index in [0.717, 1.165) is 19.5 Å². The van der Waals surface area contributed by atoms with Gasteiger partial charge in [-0.25, -0.2) is 0 Å². The van der Waals surface area contributed by atoms with E-state index >= 15 is 0 Å². The Balaban J connectivity index is 2.12. The molecular weight excluding hydrogens is 176 g/mol. The molecule has 2 aliphatic heterocycles. The largest absolute Gasteiger partial charge is 0.391 e. The summed E-state index contributed by atoms with van der Waals surface area (Å²) in [5.74, 6) is 0. The van der Waals surface area contributed by atoms with Crippen LogP contribution in [0.15, 0.2) is 0 Å². The molecule has 2 N–H and O–H groups in total. The zero-order valence-electron chi connectivity index (χ0n) is 7.20. The minimum Gasteiger partial charge on any atom is -0.391 e. The average Bonchev–Trinajstić information content (AvgIpc) is 2.52. The summed E-state index contributed by atoms with van der Waals surface area (Å²) >= 11 is 6.13. The predicted octanol–water partition coefficient (Wildman–Crippen LogP) is -0.369. The molecule has 2 heterocycles. The van der Waals surface area contributed by atoms with E-state index < -0.39 is 0 Å². The molecule has 0 aliphatic carbocycles. The van der Waals surface area contributed by atoms with Gasteiger partial charge in [-0.2, -0.15) is 0 Å². The highest BCUT2D eigenvalue weighted by Gasteiger charge is 2.46. The highest BCUT2D eigenvalue weighted by molar-refractivity contribution is 6.21. The molecule has 2 fully saturated rings. The Morgan fingerprint density at radius 2 is 2.33 bits per heavy atom. The van der Waals surface area contributed by atoms with E-state index in [1.54, 1.807) is 0 Å². The van der Waals surface area contributed by atoms with Crippen LogP contribution in [-0.2, 0) is 0 Å². The van der Waals surface area contributed by atoms with Crippen molar-refractivity contribution in [3.63, 3.8) is 0 Å². The molecule has 0 saturated carbocycles. The molecule has 0 radical (unpaired) electrons. The number of aliphatic hydroxyl groups is 1. The van der Waals surface area contributed by atoms with Crippen LogP contribution in [0.5, 0.6) is 0 Å². The molecule has 0 aromatic heterocycles. The van der Waals surface area contributed by atoms with Gasteiger partial charge in [0, 0.05) is 19.1 Å². The minimum absolute atomic E-state index is 0.148. The van der Waals surface area contributed by atoms with E-state index in [1.807, 2.05) is 7.05 Å². The van der Waals surface area contributed by atoms with Crippen LogP contribution >= 0.6 is 11.6 Å². The number of halogens is 1. The number of likely N-dealkylation sites (N-methyl/N-ethyl adjacent to an activating group) is 1. The quantitative estimate of drug-likeness (QED) is 0.554. The van der Waals surface area contributed by atoms with Crippen LogP contribution in [0.4, 0.5) is 0 Å². The number of fused-ring (bicyclic) bond motifs is 1. The maximum atomic E-state index is 9.68. The van der Waals surface area contributed by atoms with Gasteiger partial charge in [0.2, 0.25) is 0 Å². The summed E-state index contributed by atoms with van der Waals surface area (Å²) in [7, 11) is 1.91. The molecule has 0 bridgehead atoms. The van der Waals surface area contributed by atoms with Crippen molar-refractivity contribution < 1.29 is 5.11 Å². The Hall–Kier alpha value is 0.170. The fraction of sp³-hybridized carbons (Fsp3) is 1.00. The van der Waals surface area contributed by atoms with Crippen LogP contribution in [0, 0.1) is 0 Å². The van der Waals surface area contributed by atoms with Crippen molar-refractivity contribution in [1.82, 2.24) is 10.2 Å². The van der Waals surface area contributed by atoms with E-state index in [0.29, 0.717) is 0 Å².